The van der Waals surface area contributed by atoms with Crippen molar-refractivity contribution in [3.05, 3.63) is 48.2 Å². The van der Waals surface area contributed by atoms with Crippen LogP contribution in [-0.4, -0.2) is 70.3 Å². The number of methoxy groups -OCH3 is 1. The molecule has 0 unspecified atom stereocenters. The molecule has 1 N–H and O–H groups in total. The van der Waals surface area contributed by atoms with Gasteiger partial charge in [-0.25, -0.2) is 19.9 Å². The Labute approximate surface area is 199 Å². The summed E-state index contributed by atoms with van der Waals surface area (Å²) in [6.45, 7) is 3.88. The highest BCUT2D eigenvalue weighted by Gasteiger charge is 2.29. The van der Waals surface area contributed by atoms with Gasteiger partial charge in [-0.15, -0.1) is 0 Å². The third kappa shape index (κ3) is 4.12. The lowest BCUT2D eigenvalue weighted by atomic mass is 9.89. The second-order valence-electron chi connectivity index (χ2n) is 9.35. The van der Waals surface area contributed by atoms with Gasteiger partial charge in [0.2, 0.25) is 0 Å². The summed E-state index contributed by atoms with van der Waals surface area (Å²) in [5.74, 6) is 0.960. The summed E-state index contributed by atoms with van der Waals surface area (Å²) >= 11 is 0. The fourth-order valence-corrected chi connectivity index (χ4v) is 5.56. The number of nitrogens with one attached hydrogen (secondary N) is 1. The van der Waals surface area contributed by atoms with Crippen molar-refractivity contribution in [2.24, 2.45) is 0 Å². The minimum atomic E-state index is 0.374. The SMILES string of the molecule is COc1ncc(-c2ccc3c(c2)-c2c(ncnc2NC2CCC(N4CCOCC4)CC2)C3)cn1. The van der Waals surface area contributed by atoms with Crippen LogP contribution >= 0.6 is 0 Å². The van der Waals surface area contributed by atoms with E-state index < -0.39 is 0 Å². The molecule has 3 heterocycles. The molecule has 6 rings (SSSR count). The van der Waals surface area contributed by atoms with Crippen LogP contribution in [0.4, 0.5) is 5.82 Å². The van der Waals surface area contributed by atoms with E-state index in [9.17, 15) is 0 Å². The van der Waals surface area contributed by atoms with E-state index in [2.05, 4.69) is 48.4 Å². The summed E-state index contributed by atoms with van der Waals surface area (Å²) in [4.78, 5) is 20.4. The van der Waals surface area contributed by atoms with Crippen molar-refractivity contribution in [3.8, 4) is 28.3 Å². The van der Waals surface area contributed by atoms with Crippen molar-refractivity contribution >= 4 is 5.82 Å². The van der Waals surface area contributed by atoms with Crippen molar-refractivity contribution in [2.45, 2.75) is 44.2 Å². The molecule has 34 heavy (non-hydrogen) atoms. The van der Waals surface area contributed by atoms with Gasteiger partial charge < -0.3 is 14.8 Å². The number of morpholine rings is 1. The van der Waals surface area contributed by atoms with E-state index in [4.69, 9.17) is 9.47 Å². The number of ether oxygens (including phenoxy) is 2. The zero-order valence-electron chi connectivity index (χ0n) is 19.5. The van der Waals surface area contributed by atoms with E-state index in [1.807, 2.05) is 0 Å². The van der Waals surface area contributed by atoms with Gasteiger partial charge in [-0.05, 0) is 48.4 Å². The zero-order chi connectivity index (χ0) is 22.9. The molecule has 0 radical (unpaired) electrons. The number of aromatic nitrogens is 4. The number of nitrogens with zero attached hydrogens (tertiary/aromatic N) is 5. The van der Waals surface area contributed by atoms with Crippen LogP contribution in [0.5, 0.6) is 6.01 Å². The molecule has 3 aliphatic rings. The van der Waals surface area contributed by atoms with Crippen molar-refractivity contribution in [3.63, 3.8) is 0 Å². The van der Waals surface area contributed by atoms with E-state index in [1.54, 1.807) is 25.8 Å². The minimum absolute atomic E-state index is 0.374. The number of rotatable bonds is 5. The molecule has 176 valence electrons. The van der Waals surface area contributed by atoms with Crippen molar-refractivity contribution in [1.82, 2.24) is 24.8 Å². The lowest BCUT2D eigenvalue weighted by Crippen LogP contribution is -2.46. The van der Waals surface area contributed by atoms with Crippen LogP contribution in [0.2, 0.25) is 0 Å². The topological polar surface area (TPSA) is 85.3 Å². The van der Waals surface area contributed by atoms with Crippen LogP contribution in [0.15, 0.2) is 36.9 Å². The first-order valence-electron chi connectivity index (χ1n) is 12.2. The Morgan fingerprint density at radius 3 is 2.53 bits per heavy atom. The summed E-state index contributed by atoms with van der Waals surface area (Å²) < 4.78 is 10.6. The third-order valence-electron chi connectivity index (χ3n) is 7.41. The Balaban J connectivity index is 1.21. The Morgan fingerprint density at radius 2 is 1.76 bits per heavy atom. The molecule has 2 fully saturated rings. The molecule has 1 saturated carbocycles. The van der Waals surface area contributed by atoms with Crippen molar-refractivity contribution in [2.75, 3.05) is 38.7 Å². The van der Waals surface area contributed by atoms with E-state index in [0.29, 0.717) is 18.1 Å². The van der Waals surface area contributed by atoms with Gasteiger partial charge >= 0.3 is 6.01 Å². The average Bonchev–Trinajstić information content (AvgIpc) is 3.28. The van der Waals surface area contributed by atoms with Crippen LogP contribution in [0.1, 0.15) is 36.9 Å². The fraction of sp³-hybridized carbons (Fsp3) is 0.462. The molecule has 1 aliphatic heterocycles. The van der Waals surface area contributed by atoms with Crippen LogP contribution in [0, 0.1) is 0 Å². The zero-order valence-corrected chi connectivity index (χ0v) is 19.5. The molecule has 3 aromatic rings. The number of benzene rings is 1. The van der Waals surface area contributed by atoms with E-state index in [1.165, 1.54) is 24.0 Å². The summed E-state index contributed by atoms with van der Waals surface area (Å²) in [5, 5.41) is 3.78. The highest BCUT2D eigenvalue weighted by Crippen LogP contribution is 2.42. The lowest BCUT2D eigenvalue weighted by molar-refractivity contribution is 0.00791. The summed E-state index contributed by atoms with van der Waals surface area (Å²) in [6.07, 6.45) is 10.9. The molecule has 1 saturated heterocycles. The third-order valence-corrected chi connectivity index (χ3v) is 7.41. The molecule has 8 heteroatoms. The number of hydrogen-bond donors (Lipinski definition) is 1. The summed E-state index contributed by atoms with van der Waals surface area (Å²) in [7, 11) is 1.57. The molecule has 2 aromatic heterocycles. The lowest BCUT2D eigenvalue weighted by Gasteiger charge is -2.39. The molecule has 0 bridgehead atoms. The molecule has 8 nitrogen and oxygen atoms in total. The monoisotopic (exact) mass is 458 g/mol. The molecule has 0 amide bonds. The summed E-state index contributed by atoms with van der Waals surface area (Å²) in [6, 6.07) is 8.04. The Kier molecular flexibility index (Phi) is 5.84. The summed E-state index contributed by atoms with van der Waals surface area (Å²) in [5.41, 5.74) is 6.77. The van der Waals surface area contributed by atoms with Gasteiger partial charge in [-0.3, -0.25) is 4.90 Å². The molecule has 0 spiro atoms. The first-order chi connectivity index (χ1) is 16.8. The largest absolute Gasteiger partial charge is 0.467 e. The molecule has 2 aliphatic carbocycles. The van der Waals surface area contributed by atoms with Crippen LogP contribution in [0.3, 0.4) is 0 Å². The maximum Gasteiger partial charge on any atom is 0.316 e. The number of fused-ring (bicyclic) bond motifs is 3. The smallest absolute Gasteiger partial charge is 0.316 e. The van der Waals surface area contributed by atoms with E-state index in [-0.39, 0.29) is 0 Å². The van der Waals surface area contributed by atoms with Gasteiger partial charge in [0.25, 0.3) is 0 Å². The first kappa shape index (κ1) is 21.4. The fourth-order valence-electron chi connectivity index (χ4n) is 5.56. The second kappa shape index (κ2) is 9.27. The van der Waals surface area contributed by atoms with Crippen molar-refractivity contribution < 1.29 is 9.47 Å². The maximum absolute atomic E-state index is 5.53. The number of anilines is 1. The normalized spacial score (nSPS) is 22.1. The van der Waals surface area contributed by atoms with Crippen LogP contribution < -0.4 is 10.1 Å². The van der Waals surface area contributed by atoms with Gasteiger partial charge in [0.05, 0.1) is 26.0 Å². The highest BCUT2D eigenvalue weighted by atomic mass is 16.5. The Morgan fingerprint density at radius 1 is 0.971 bits per heavy atom. The van der Waals surface area contributed by atoms with Gasteiger partial charge in [-0.2, -0.15) is 0 Å². The average molecular weight is 459 g/mol. The molecular weight excluding hydrogens is 428 g/mol. The standard InChI is InChI=1S/C26H30N6O2/c1-33-26-27-14-19(15-28-26)17-2-3-18-13-23-24(22(18)12-17)25(30-16-29-23)31-20-4-6-21(7-5-20)32-8-10-34-11-9-32/h2-3,12,14-16,20-21H,4-11,13H2,1H3,(H,29,30,31). The van der Waals surface area contributed by atoms with Gasteiger partial charge in [0.15, 0.2) is 0 Å². The molecule has 0 atom stereocenters. The molecule has 1 aromatic carbocycles. The second-order valence-corrected chi connectivity index (χ2v) is 9.35. The van der Waals surface area contributed by atoms with E-state index >= 15 is 0 Å². The van der Waals surface area contributed by atoms with E-state index in [0.717, 1.165) is 73.8 Å². The predicted molar refractivity (Wildman–Crippen MR) is 130 cm³/mol. The Hall–Kier alpha value is -3.10. The quantitative estimate of drug-likeness (QED) is 0.486. The molecular formula is C26H30N6O2. The first-order valence-corrected chi connectivity index (χ1v) is 12.2. The van der Waals surface area contributed by atoms with Crippen LogP contribution in [-0.2, 0) is 11.2 Å². The predicted octanol–water partition coefficient (Wildman–Crippen LogP) is 3.57. The number of hydrogen-bond acceptors (Lipinski definition) is 8. The van der Waals surface area contributed by atoms with Crippen LogP contribution in [0.25, 0.3) is 22.3 Å². The van der Waals surface area contributed by atoms with Crippen molar-refractivity contribution in [1.29, 1.82) is 0 Å². The van der Waals surface area contributed by atoms with Gasteiger partial charge in [-0.1, -0.05) is 12.1 Å². The van der Waals surface area contributed by atoms with Gasteiger partial charge in [0, 0.05) is 55.1 Å². The minimum Gasteiger partial charge on any atom is -0.467 e. The Bertz CT molecular complexity index is 1150. The van der Waals surface area contributed by atoms with Gasteiger partial charge in [0.1, 0.15) is 12.1 Å². The highest BCUT2D eigenvalue weighted by molar-refractivity contribution is 5.86. The maximum atomic E-state index is 5.53.